The predicted molar refractivity (Wildman–Crippen MR) is 315 cm³/mol. The predicted octanol–water partition coefficient (Wildman–Crippen LogP) is 15.9. The van der Waals surface area contributed by atoms with E-state index in [9.17, 15) is 35.1 Å². The average molecular weight is 1080 g/mol. The second-order valence-corrected chi connectivity index (χ2v) is 23.2. The molecular formula is C65H125NO10. The van der Waals surface area contributed by atoms with E-state index in [-0.39, 0.29) is 13.0 Å². The summed E-state index contributed by atoms with van der Waals surface area (Å²) in [4.78, 5) is 26.5. The van der Waals surface area contributed by atoms with E-state index in [2.05, 4.69) is 26.1 Å². The first-order valence-corrected chi connectivity index (χ1v) is 33.0. The molecule has 11 nitrogen and oxygen atoms in total. The van der Waals surface area contributed by atoms with E-state index in [0.29, 0.717) is 19.3 Å². The van der Waals surface area contributed by atoms with Crippen molar-refractivity contribution < 1.29 is 49.3 Å². The summed E-state index contributed by atoms with van der Waals surface area (Å²) in [6, 6.07) is -1.02. The van der Waals surface area contributed by atoms with E-state index in [1.807, 2.05) is 6.08 Å². The smallest absolute Gasteiger partial charge is 0.306 e. The van der Waals surface area contributed by atoms with Gasteiger partial charge in [0.15, 0.2) is 12.4 Å². The SMILES string of the molecule is CCCCCCCCCCCC/C=C/C(O)C(COC1OC(CO)C(O)C(O)C1OC(=O)CCCCCCCCCCCCCCCCCCCCCCCCC)NC(=O)C(O)CCCCCCCCCCCCCC. The molecule has 450 valence electrons. The summed E-state index contributed by atoms with van der Waals surface area (Å²) in [5.74, 6) is -1.18. The maximum atomic E-state index is 13.4. The number of esters is 1. The van der Waals surface area contributed by atoms with Gasteiger partial charge >= 0.3 is 5.97 Å². The molecule has 11 heteroatoms. The van der Waals surface area contributed by atoms with Crippen LogP contribution in [0.3, 0.4) is 0 Å². The van der Waals surface area contributed by atoms with Crippen molar-refractivity contribution in [2.45, 2.75) is 378 Å². The van der Waals surface area contributed by atoms with Crippen LogP contribution in [0.5, 0.6) is 0 Å². The highest BCUT2D eigenvalue weighted by atomic mass is 16.7. The minimum Gasteiger partial charge on any atom is -0.454 e. The van der Waals surface area contributed by atoms with Gasteiger partial charge in [-0.25, -0.2) is 0 Å². The Bertz CT molecular complexity index is 1290. The van der Waals surface area contributed by atoms with Gasteiger partial charge in [0.2, 0.25) is 5.91 Å². The van der Waals surface area contributed by atoms with Crippen LogP contribution in [-0.4, -0.2) is 99.6 Å². The fraction of sp³-hybridized carbons (Fsp3) is 0.938. The molecule has 0 aliphatic carbocycles. The van der Waals surface area contributed by atoms with Gasteiger partial charge in [-0.15, -0.1) is 0 Å². The van der Waals surface area contributed by atoms with Gasteiger partial charge in [0, 0.05) is 6.42 Å². The van der Waals surface area contributed by atoms with Crippen LogP contribution >= 0.6 is 0 Å². The Labute approximate surface area is 468 Å². The number of allylic oxidation sites excluding steroid dienone is 1. The van der Waals surface area contributed by atoms with Crippen LogP contribution in [0.1, 0.15) is 329 Å². The summed E-state index contributed by atoms with van der Waals surface area (Å²) in [5, 5.41) is 57.0. The number of rotatable bonds is 57. The number of amides is 1. The van der Waals surface area contributed by atoms with Gasteiger partial charge in [-0.2, -0.15) is 0 Å². The number of aliphatic hydroxyl groups is 5. The average Bonchev–Trinajstić information content (AvgIpc) is 3.42. The lowest BCUT2D eigenvalue weighted by atomic mass is 9.99. The monoisotopic (exact) mass is 1080 g/mol. The van der Waals surface area contributed by atoms with Crippen LogP contribution in [0, 0.1) is 0 Å². The number of carbonyl (C=O) groups is 2. The van der Waals surface area contributed by atoms with Gasteiger partial charge in [0.25, 0.3) is 0 Å². The molecule has 0 bridgehead atoms. The third-order valence-corrected chi connectivity index (χ3v) is 15.9. The zero-order valence-corrected chi connectivity index (χ0v) is 49.9. The maximum absolute atomic E-state index is 13.4. The number of hydrogen-bond donors (Lipinski definition) is 6. The van der Waals surface area contributed by atoms with Crippen molar-refractivity contribution in [3.63, 3.8) is 0 Å². The highest BCUT2D eigenvalue weighted by Gasteiger charge is 2.47. The summed E-state index contributed by atoms with van der Waals surface area (Å²) in [6.45, 7) is 5.82. The maximum Gasteiger partial charge on any atom is 0.306 e. The molecule has 6 N–H and O–H groups in total. The molecule has 0 aromatic heterocycles. The fourth-order valence-electron chi connectivity index (χ4n) is 10.7. The number of nitrogens with one attached hydrogen (secondary N) is 1. The van der Waals surface area contributed by atoms with Gasteiger partial charge in [-0.05, 0) is 25.7 Å². The van der Waals surface area contributed by atoms with Crippen molar-refractivity contribution in [2.75, 3.05) is 13.2 Å². The lowest BCUT2D eigenvalue weighted by Gasteiger charge is -2.41. The second-order valence-electron chi connectivity index (χ2n) is 23.2. The van der Waals surface area contributed by atoms with Crippen molar-refractivity contribution in [3.05, 3.63) is 12.2 Å². The molecule has 0 aromatic carbocycles. The summed E-state index contributed by atoms with van der Waals surface area (Å²) >= 11 is 0. The topological polar surface area (TPSA) is 175 Å². The minimum absolute atomic E-state index is 0.132. The highest BCUT2D eigenvalue weighted by Crippen LogP contribution is 2.26. The largest absolute Gasteiger partial charge is 0.454 e. The lowest BCUT2D eigenvalue weighted by Crippen LogP contribution is -2.61. The van der Waals surface area contributed by atoms with E-state index in [4.69, 9.17) is 14.2 Å². The molecule has 1 aliphatic heterocycles. The highest BCUT2D eigenvalue weighted by molar-refractivity contribution is 5.80. The Kier molecular flexibility index (Phi) is 51.5. The molecule has 0 saturated carbocycles. The Morgan fingerprint density at radius 2 is 0.855 bits per heavy atom. The fourth-order valence-corrected chi connectivity index (χ4v) is 10.7. The molecular weight excluding hydrogens is 955 g/mol. The molecule has 0 radical (unpaired) electrons. The molecule has 1 amide bonds. The van der Waals surface area contributed by atoms with Crippen LogP contribution in [0.25, 0.3) is 0 Å². The van der Waals surface area contributed by atoms with E-state index >= 15 is 0 Å². The van der Waals surface area contributed by atoms with Crippen LogP contribution in [0.2, 0.25) is 0 Å². The van der Waals surface area contributed by atoms with Gasteiger partial charge < -0.3 is 45.1 Å². The molecule has 1 fully saturated rings. The summed E-state index contributed by atoms with van der Waals surface area (Å²) < 4.78 is 17.7. The Morgan fingerprint density at radius 3 is 1.24 bits per heavy atom. The van der Waals surface area contributed by atoms with Crippen molar-refractivity contribution in [1.29, 1.82) is 0 Å². The number of carbonyl (C=O) groups excluding carboxylic acids is 2. The van der Waals surface area contributed by atoms with Crippen LogP contribution in [0.15, 0.2) is 12.2 Å². The van der Waals surface area contributed by atoms with E-state index in [1.54, 1.807) is 6.08 Å². The molecule has 1 rings (SSSR count). The summed E-state index contributed by atoms with van der Waals surface area (Å²) in [6.07, 6.45) is 51.2. The van der Waals surface area contributed by atoms with Gasteiger partial charge in [0.05, 0.1) is 25.4 Å². The third-order valence-electron chi connectivity index (χ3n) is 15.9. The van der Waals surface area contributed by atoms with Crippen LogP contribution in [0.4, 0.5) is 0 Å². The van der Waals surface area contributed by atoms with Crippen molar-refractivity contribution >= 4 is 11.9 Å². The zero-order valence-electron chi connectivity index (χ0n) is 49.9. The molecule has 1 heterocycles. The quantitative estimate of drug-likeness (QED) is 0.0195. The van der Waals surface area contributed by atoms with Crippen LogP contribution < -0.4 is 5.32 Å². The summed E-state index contributed by atoms with van der Waals surface area (Å²) in [7, 11) is 0. The van der Waals surface area contributed by atoms with E-state index in [0.717, 1.165) is 57.8 Å². The van der Waals surface area contributed by atoms with Crippen molar-refractivity contribution in [1.82, 2.24) is 5.32 Å². The standard InChI is InChI=1S/C65H125NO10/c1-4-7-10-13-16-19-22-25-26-27-28-29-30-31-32-33-34-35-38-41-44-47-50-53-60(70)76-63-62(72)61(71)59(54-67)75-65(63)74-55-56(57(68)51-48-45-42-39-36-23-20-17-14-11-8-5-2)66-64(73)58(69)52-49-46-43-40-37-24-21-18-15-12-9-6-3/h48,51,56-59,61-63,65,67-69,71-72H,4-47,49-50,52-55H2,1-3H3,(H,66,73)/b51-48+. The van der Waals surface area contributed by atoms with Crippen LogP contribution in [-0.2, 0) is 23.8 Å². The number of ether oxygens (including phenoxy) is 3. The van der Waals surface area contributed by atoms with Crippen molar-refractivity contribution in [3.8, 4) is 0 Å². The van der Waals surface area contributed by atoms with E-state index in [1.165, 1.54) is 225 Å². The lowest BCUT2D eigenvalue weighted by molar-refractivity contribution is -0.305. The number of aliphatic hydroxyl groups excluding tert-OH is 5. The Morgan fingerprint density at radius 1 is 0.500 bits per heavy atom. The van der Waals surface area contributed by atoms with Gasteiger partial charge in [-0.1, -0.05) is 309 Å². The van der Waals surface area contributed by atoms with Gasteiger partial charge in [0.1, 0.15) is 24.4 Å². The molecule has 8 unspecified atom stereocenters. The first-order chi connectivity index (χ1) is 37.2. The number of unbranched alkanes of at least 4 members (excludes halogenated alkanes) is 43. The Balaban J connectivity index is 2.57. The zero-order chi connectivity index (χ0) is 55.4. The second kappa shape index (κ2) is 54.0. The van der Waals surface area contributed by atoms with E-state index < -0.39 is 67.4 Å². The molecule has 0 aromatic rings. The minimum atomic E-state index is -1.61. The normalized spacial score (nSPS) is 19.1. The number of hydrogen-bond acceptors (Lipinski definition) is 10. The summed E-state index contributed by atoms with van der Waals surface area (Å²) in [5.41, 5.74) is 0. The van der Waals surface area contributed by atoms with Crippen molar-refractivity contribution in [2.24, 2.45) is 0 Å². The first-order valence-electron chi connectivity index (χ1n) is 33.0. The molecule has 8 atom stereocenters. The molecule has 0 spiro atoms. The molecule has 1 aliphatic rings. The first kappa shape index (κ1) is 72.4. The van der Waals surface area contributed by atoms with Gasteiger partial charge in [-0.3, -0.25) is 9.59 Å². The third kappa shape index (κ3) is 41.4. The molecule has 1 saturated heterocycles. The molecule has 76 heavy (non-hydrogen) atoms. The Hall–Kier alpha value is -1.60.